The zero-order valence-electron chi connectivity index (χ0n) is 9.02. The number of aromatic nitrogens is 3. The summed E-state index contributed by atoms with van der Waals surface area (Å²) in [5, 5.41) is 0.351. The van der Waals surface area contributed by atoms with Gasteiger partial charge in [0.15, 0.2) is 4.77 Å². The maximum atomic E-state index is 13.9. The van der Waals surface area contributed by atoms with Crippen molar-refractivity contribution in [2.24, 2.45) is 0 Å². The largest absolute Gasteiger partial charge is 0.329 e. The molecule has 0 aliphatic rings. The number of hydrogen-bond donors (Lipinski definition) is 1. The van der Waals surface area contributed by atoms with Crippen LogP contribution in [0.2, 0.25) is 5.02 Å². The van der Waals surface area contributed by atoms with Gasteiger partial charge in [-0.2, -0.15) is 0 Å². The van der Waals surface area contributed by atoms with Crippen LogP contribution in [0.25, 0.3) is 16.7 Å². The van der Waals surface area contributed by atoms with Crippen LogP contribution in [-0.2, 0) is 0 Å². The molecule has 18 heavy (non-hydrogen) atoms. The van der Waals surface area contributed by atoms with Gasteiger partial charge in [-0.1, -0.05) is 11.6 Å². The third-order valence-corrected chi connectivity index (χ3v) is 3.15. The molecule has 6 heteroatoms. The summed E-state index contributed by atoms with van der Waals surface area (Å²) in [5.41, 5.74) is 1.90. The lowest BCUT2D eigenvalue weighted by molar-refractivity contribution is 0.619. The first kappa shape index (κ1) is 11.4. The standard InChI is InChI=1S/C12H7ClFN3S/c13-7-1-2-10(8(14)5-7)17-11-3-4-15-6-9(11)16-12(17)18/h1-6H,(H,16,18). The Kier molecular flexibility index (Phi) is 2.65. The quantitative estimate of drug-likeness (QED) is 0.686. The number of fused-ring (bicyclic) bond motifs is 1. The number of nitrogens with one attached hydrogen (secondary N) is 1. The molecule has 0 amide bonds. The van der Waals surface area contributed by atoms with Crippen molar-refractivity contribution < 1.29 is 4.39 Å². The van der Waals surface area contributed by atoms with Crippen molar-refractivity contribution in [3.05, 3.63) is 52.3 Å². The molecule has 0 spiro atoms. The zero-order valence-corrected chi connectivity index (χ0v) is 10.6. The van der Waals surface area contributed by atoms with Gasteiger partial charge in [-0.05, 0) is 36.5 Å². The lowest BCUT2D eigenvalue weighted by atomic mass is 10.3. The third kappa shape index (κ3) is 1.72. The molecule has 2 heterocycles. The van der Waals surface area contributed by atoms with Crippen molar-refractivity contribution >= 4 is 34.9 Å². The van der Waals surface area contributed by atoms with E-state index in [-0.39, 0.29) is 0 Å². The van der Waals surface area contributed by atoms with Gasteiger partial charge in [-0.3, -0.25) is 9.55 Å². The second kappa shape index (κ2) is 4.19. The fraction of sp³-hybridized carbons (Fsp3) is 0. The summed E-state index contributed by atoms with van der Waals surface area (Å²) in [5.74, 6) is -0.420. The summed E-state index contributed by atoms with van der Waals surface area (Å²) in [7, 11) is 0. The van der Waals surface area contributed by atoms with Gasteiger partial charge in [0.2, 0.25) is 0 Å². The Bertz CT molecular complexity index is 793. The summed E-state index contributed by atoms with van der Waals surface area (Å²) in [6.07, 6.45) is 3.28. The van der Waals surface area contributed by atoms with Gasteiger partial charge in [0.25, 0.3) is 0 Å². The Hall–Kier alpha value is -1.72. The molecule has 3 aromatic rings. The van der Waals surface area contributed by atoms with Crippen molar-refractivity contribution in [3.63, 3.8) is 0 Å². The average Bonchev–Trinajstić information content (AvgIpc) is 2.66. The molecule has 0 saturated carbocycles. The number of benzene rings is 1. The SMILES string of the molecule is Fc1cc(Cl)ccc1-n1c(=S)[nH]c2cnccc21. The van der Waals surface area contributed by atoms with Gasteiger partial charge in [0, 0.05) is 11.2 Å². The van der Waals surface area contributed by atoms with E-state index in [2.05, 4.69) is 9.97 Å². The zero-order chi connectivity index (χ0) is 12.7. The van der Waals surface area contributed by atoms with Crippen LogP contribution in [0.3, 0.4) is 0 Å². The van der Waals surface area contributed by atoms with E-state index >= 15 is 0 Å². The molecule has 2 aromatic heterocycles. The Morgan fingerprint density at radius 1 is 1.33 bits per heavy atom. The fourth-order valence-corrected chi connectivity index (χ4v) is 2.33. The highest BCUT2D eigenvalue weighted by Crippen LogP contribution is 2.23. The van der Waals surface area contributed by atoms with Crippen molar-refractivity contribution in [2.45, 2.75) is 0 Å². The average molecular weight is 280 g/mol. The maximum absolute atomic E-state index is 13.9. The second-order valence-corrected chi connectivity index (χ2v) is 4.58. The van der Waals surface area contributed by atoms with Gasteiger partial charge >= 0.3 is 0 Å². The van der Waals surface area contributed by atoms with E-state index in [0.717, 1.165) is 11.0 Å². The number of imidazole rings is 1. The van der Waals surface area contributed by atoms with E-state index in [9.17, 15) is 4.39 Å². The van der Waals surface area contributed by atoms with Gasteiger partial charge in [0.1, 0.15) is 5.82 Å². The molecular weight excluding hydrogens is 273 g/mol. The molecule has 0 radical (unpaired) electrons. The minimum atomic E-state index is -0.420. The van der Waals surface area contributed by atoms with Gasteiger partial charge in [-0.25, -0.2) is 4.39 Å². The number of aromatic amines is 1. The van der Waals surface area contributed by atoms with E-state index in [4.69, 9.17) is 23.8 Å². The Labute approximate surface area is 112 Å². The van der Waals surface area contributed by atoms with Crippen LogP contribution in [0.1, 0.15) is 0 Å². The van der Waals surface area contributed by atoms with Crippen LogP contribution < -0.4 is 0 Å². The van der Waals surface area contributed by atoms with Crippen molar-refractivity contribution in [2.75, 3.05) is 0 Å². The van der Waals surface area contributed by atoms with Crippen molar-refractivity contribution in [1.29, 1.82) is 0 Å². The van der Waals surface area contributed by atoms with E-state index in [1.54, 1.807) is 35.2 Å². The normalized spacial score (nSPS) is 11.0. The lowest BCUT2D eigenvalue weighted by Gasteiger charge is -2.06. The molecule has 0 fully saturated rings. The van der Waals surface area contributed by atoms with E-state index in [1.807, 2.05) is 0 Å². The number of H-pyrrole nitrogens is 1. The third-order valence-electron chi connectivity index (χ3n) is 2.63. The van der Waals surface area contributed by atoms with Gasteiger partial charge < -0.3 is 4.98 Å². The molecule has 0 aliphatic heterocycles. The number of hydrogen-bond acceptors (Lipinski definition) is 2. The predicted molar refractivity (Wildman–Crippen MR) is 71.2 cm³/mol. The Morgan fingerprint density at radius 3 is 2.94 bits per heavy atom. The fourth-order valence-electron chi connectivity index (χ4n) is 1.86. The molecule has 0 unspecified atom stereocenters. The highest BCUT2D eigenvalue weighted by molar-refractivity contribution is 7.71. The summed E-state index contributed by atoms with van der Waals surface area (Å²) in [6, 6.07) is 6.26. The molecule has 0 bridgehead atoms. The van der Waals surface area contributed by atoms with Crippen LogP contribution in [0.4, 0.5) is 4.39 Å². The first-order valence-electron chi connectivity index (χ1n) is 5.17. The molecule has 3 rings (SSSR count). The molecule has 1 aromatic carbocycles. The summed E-state index contributed by atoms with van der Waals surface area (Å²) in [6.45, 7) is 0. The predicted octanol–water partition coefficient (Wildman–Crippen LogP) is 3.88. The van der Waals surface area contributed by atoms with Crippen LogP contribution in [-0.4, -0.2) is 14.5 Å². The molecule has 0 saturated heterocycles. The molecule has 1 N–H and O–H groups in total. The number of halogens is 2. The first-order chi connectivity index (χ1) is 8.66. The number of nitrogens with zero attached hydrogens (tertiary/aromatic N) is 2. The molecular formula is C12H7ClFN3S. The van der Waals surface area contributed by atoms with Crippen LogP contribution >= 0.6 is 23.8 Å². The summed E-state index contributed by atoms with van der Waals surface area (Å²) in [4.78, 5) is 6.97. The Morgan fingerprint density at radius 2 is 2.17 bits per heavy atom. The van der Waals surface area contributed by atoms with E-state index in [0.29, 0.717) is 15.5 Å². The minimum absolute atomic E-state index is 0.351. The smallest absolute Gasteiger partial charge is 0.182 e. The Balaban J connectivity index is 2.38. The maximum Gasteiger partial charge on any atom is 0.182 e. The second-order valence-electron chi connectivity index (χ2n) is 3.75. The van der Waals surface area contributed by atoms with Crippen LogP contribution in [0.5, 0.6) is 0 Å². The van der Waals surface area contributed by atoms with E-state index in [1.165, 1.54) is 6.07 Å². The molecule has 0 atom stereocenters. The summed E-state index contributed by atoms with van der Waals surface area (Å²) >= 11 is 11.0. The summed E-state index contributed by atoms with van der Waals surface area (Å²) < 4.78 is 16.0. The highest BCUT2D eigenvalue weighted by atomic mass is 35.5. The monoisotopic (exact) mass is 279 g/mol. The number of pyridine rings is 1. The molecule has 3 nitrogen and oxygen atoms in total. The van der Waals surface area contributed by atoms with Crippen molar-refractivity contribution in [3.8, 4) is 5.69 Å². The first-order valence-corrected chi connectivity index (χ1v) is 5.95. The van der Waals surface area contributed by atoms with Crippen molar-refractivity contribution in [1.82, 2.24) is 14.5 Å². The van der Waals surface area contributed by atoms with Gasteiger partial charge in [-0.15, -0.1) is 0 Å². The topological polar surface area (TPSA) is 33.6 Å². The van der Waals surface area contributed by atoms with Crippen LogP contribution in [0, 0.1) is 10.6 Å². The van der Waals surface area contributed by atoms with E-state index < -0.39 is 5.82 Å². The van der Waals surface area contributed by atoms with Gasteiger partial charge in [0.05, 0.1) is 22.9 Å². The molecule has 90 valence electrons. The number of rotatable bonds is 1. The van der Waals surface area contributed by atoms with Crippen LogP contribution in [0.15, 0.2) is 36.7 Å². The molecule has 0 aliphatic carbocycles. The minimum Gasteiger partial charge on any atom is -0.329 e. The highest BCUT2D eigenvalue weighted by Gasteiger charge is 2.10. The lowest BCUT2D eigenvalue weighted by Crippen LogP contribution is -1.97.